The zero-order valence-corrected chi connectivity index (χ0v) is 12.5. The summed E-state index contributed by atoms with van der Waals surface area (Å²) >= 11 is 0. The molecule has 1 aliphatic heterocycles. The van der Waals surface area contributed by atoms with Gasteiger partial charge in [0.15, 0.2) is 5.82 Å². The molecule has 0 amide bonds. The molecule has 1 aliphatic carbocycles. The SMILES string of the molecule is Cc1nc2ccccc2nc1N(CC1CCCN1)C1CC1. The lowest BCUT2D eigenvalue weighted by molar-refractivity contribution is 0.574. The molecule has 2 fully saturated rings. The average Bonchev–Trinajstić information content (AvgIpc) is 3.21. The van der Waals surface area contributed by atoms with Gasteiger partial charge in [0.05, 0.1) is 16.7 Å². The Morgan fingerprint density at radius 2 is 1.90 bits per heavy atom. The zero-order chi connectivity index (χ0) is 14.2. The molecule has 1 N–H and O–H groups in total. The van der Waals surface area contributed by atoms with Crippen LogP contribution in [0.1, 0.15) is 31.4 Å². The van der Waals surface area contributed by atoms with Crippen molar-refractivity contribution in [3.8, 4) is 0 Å². The number of aromatic nitrogens is 2. The second-order valence-electron chi connectivity index (χ2n) is 6.30. The van der Waals surface area contributed by atoms with Gasteiger partial charge in [-0.25, -0.2) is 9.97 Å². The molecule has 4 nitrogen and oxygen atoms in total. The van der Waals surface area contributed by atoms with Crippen molar-refractivity contribution >= 4 is 16.9 Å². The Morgan fingerprint density at radius 3 is 2.57 bits per heavy atom. The maximum absolute atomic E-state index is 4.91. The molecule has 1 unspecified atom stereocenters. The minimum Gasteiger partial charge on any atom is -0.351 e. The Hall–Kier alpha value is -1.68. The van der Waals surface area contributed by atoms with Crippen LogP contribution in [0.3, 0.4) is 0 Å². The smallest absolute Gasteiger partial charge is 0.151 e. The zero-order valence-electron chi connectivity index (χ0n) is 12.5. The summed E-state index contributed by atoms with van der Waals surface area (Å²) in [7, 11) is 0. The van der Waals surface area contributed by atoms with Crippen LogP contribution in [0.5, 0.6) is 0 Å². The largest absolute Gasteiger partial charge is 0.351 e. The number of anilines is 1. The summed E-state index contributed by atoms with van der Waals surface area (Å²) in [5, 5.41) is 3.61. The molecule has 21 heavy (non-hydrogen) atoms. The van der Waals surface area contributed by atoms with Gasteiger partial charge in [0.1, 0.15) is 0 Å². The van der Waals surface area contributed by atoms with E-state index in [1.165, 1.54) is 25.7 Å². The van der Waals surface area contributed by atoms with Gasteiger partial charge in [-0.05, 0) is 51.3 Å². The fourth-order valence-electron chi connectivity index (χ4n) is 3.30. The summed E-state index contributed by atoms with van der Waals surface area (Å²) in [5.41, 5.74) is 3.05. The Kier molecular flexibility index (Phi) is 3.26. The lowest BCUT2D eigenvalue weighted by atomic mass is 10.2. The first kappa shape index (κ1) is 13.0. The fourth-order valence-corrected chi connectivity index (χ4v) is 3.30. The van der Waals surface area contributed by atoms with Crippen molar-refractivity contribution in [1.29, 1.82) is 0 Å². The molecule has 2 aromatic rings. The monoisotopic (exact) mass is 282 g/mol. The third-order valence-electron chi connectivity index (χ3n) is 4.56. The van der Waals surface area contributed by atoms with E-state index in [1.54, 1.807) is 0 Å². The van der Waals surface area contributed by atoms with Gasteiger partial charge < -0.3 is 10.2 Å². The standard InChI is InChI=1S/C17H22N4/c1-12-17(20-16-7-3-2-6-15(16)19-12)21(14-8-9-14)11-13-5-4-10-18-13/h2-3,6-7,13-14,18H,4-5,8-11H2,1H3. The number of benzene rings is 1. The maximum atomic E-state index is 4.91. The van der Waals surface area contributed by atoms with Crippen molar-refractivity contribution in [2.45, 2.75) is 44.7 Å². The highest BCUT2D eigenvalue weighted by atomic mass is 15.3. The molecule has 0 bridgehead atoms. The molecule has 2 heterocycles. The number of nitrogens with one attached hydrogen (secondary N) is 1. The molecule has 1 saturated heterocycles. The Labute approximate surface area is 125 Å². The second kappa shape index (κ2) is 5.26. The molecular formula is C17H22N4. The number of rotatable bonds is 4. The molecule has 4 rings (SSSR count). The molecule has 1 aromatic carbocycles. The fraction of sp³-hybridized carbons (Fsp3) is 0.529. The van der Waals surface area contributed by atoms with Crippen molar-refractivity contribution in [2.24, 2.45) is 0 Å². The van der Waals surface area contributed by atoms with E-state index in [0.29, 0.717) is 12.1 Å². The average molecular weight is 282 g/mol. The van der Waals surface area contributed by atoms with E-state index in [9.17, 15) is 0 Å². The van der Waals surface area contributed by atoms with E-state index in [1.807, 2.05) is 18.2 Å². The molecule has 0 radical (unpaired) electrons. The second-order valence-corrected chi connectivity index (χ2v) is 6.30. The van der Waals surface area contributed by atoms with E-state index in [2.05, 4.69) is 23.2 Å². The van der Waals surface area contributed by atoms with Crippen LogP contribution in [-0.2, 0) is 0 Å². The van der Waals surface area contributed by atoms with Gasteiger partial charge in [0.25, 0.3) is 0 Å². The van der Waals surface area contributed by atoms with Crippen molar-refractivity contribution in [1.82, 2.24) is 15.3 Å². The number of hydrogen-bond donors (Lipinski definition) is 1. The number of aryl methyl sites for hydroxylation is 1. The molecule has 4 heteroatoms. The van der Waals surface area contributed by atoms with Crippen LogP contribution in [0.2, 0.25) is 0 Å². The summed E-state index contributed by atoms with van der Waals surface area (Å²) in [6, 6.07) is 9.44. The third kappa shape index (κ3) is 2.60. The van der Waals surface area contributed by atoms with Crippen LogP contribution in [0.25, 0.3) is 11.0 Å². The Bertz CT molecular complexity index is 644. The van der Waals surface area contributed by atoms with Crippen LogP contribution in [-0.4, -0.2) is 35.1 Å². The first-order chi connectivity index (χ1) is 10.3. The van der Waals surface area contributed by atoms with Gasteiger partial charge in [-0.2, -0.15) is 0 Å². The number of nitrogens with zero attached hydrogens (tertiary/aromatic N) is 3. The summed E-state index contributed by atoms with van der Waals surface area (Å²) < 4.78 is 0. The van der Waals surface area contributed by atoms with Gasteiger partial charge in [0, 0.05) is 18.6 Å². The predicted octanol–water partition coefficient (Wildman–Crippen LogP) is 2.66. The van der Waals surface area contributed by atoms with E-state index in [0.717, 1.165) is 35.6 Å². The van der Waals surface area contributed by atoms with Crippen molar-refractivity contribution in [3.63, 3.8) is 0 Å². The topological polar surface area (TPSA) is 41.1 Å². The van der Waals surface area contributed by atoms with E-state index < -0.39 is 0 Å². The molecule has 1 atom stereocenters. The van der Waals surface area contributed by atoms with Crippen LogP contribution in [0, 0.1) is 6.92 Å². The minimum absolute atomic E-state index is 0.610. The minimum atomic E-state index is 0.610. The normalized spacial score (nSPS) is 21.9. The number of fused-ring (bicyclic) bond motifs is 1. The molecular weight excluding hydrogens is 260 g/mol. The lowest BCUT2D eigenvalue weighted by Gasteiger charge is -2.28. The first-order valence-corrected chi connectivity index (χ1v) is 8.05. The van der Waals surface area contributed by atoms with Crippen molar-refractivity contribution in [2.75, 3.05) is 18.0 Å². The van der Waals surface area contributed by atoms with Crippen molar-refractivity contribution < 1.29 is 0 Å². The maximum Gasteiger partial charge on any atom is 0.151 e. The van der Waals surface area contributed by atoms with Crippen LogP contribution >= 0.6 is 0 Å². The Morgan fingerprint density at radius 1 is 1.14 bits per heavy atom. The summed E-state index contributed by atoms with van der Waals surface area (Å²) in [6.45, 7) is 4.32. The lowest BCUT2D eigenvalue weighted by Crippen LogP contribution is -2.39. The van der Waals surface area contributed by atoms with Gasteiger partial charge in [-0.1, -0.05) is 12.1 Å². The van der Waals surface area contributed by atoms with E-state index in [-0.39, 0.29) is 0 Å². The number of hydrogen-bond acceptors (Lipinski definition) is 4. The first-order valence-electron chi connectivity index (χ1n) is 8.05. The number of para-hydroxylation sites is 2. The van der Waals surface area contributed by atoms with Crippen LogP contribution in [0.15, 0.2) is 24.3 Å². The highest BCUT2D eigenvalue weighted by Crippen LogP contribution is 2.33. The quantitative estimate of drug-likeness (QED) is 0.936. The molecule has 110 valence electrons. The molecule has 1 saturated carbocycles. The Balaban J connectivity index is 1.69. The highest BCUT2D eigenvalue weighted by molar-refractivity contribution is 5.76. The molecule has 0 spiro atoms. The van der Waals surface area contributed by atoms with Gasteiger partial charge >= 0.3 is 0 Å². The third-order valence-corrected chi connectivity index (χ3v) is 4.56. The predicted molar refractivity (Wildman–Crippen MR) is 85.7 cm³/mol. The van der Waals surface area contributed by atoms with E-state index >= 15 is 0 Å². The van der Waals surface area contributed by atoms with Crippen molar-refractivity contribution in [3.05, 3.63) is 30.0 Å². The summed E-state index contributed by atoms with van der Waals surface area (Å²) in [6.07, 6.45) is 5.16. The summed E-state index contributed by atoms with van der Waals surface area (Å²) in [5.74, 6) is 1.09. The highest BCUT2D eigenvalue weighted by Gasteiger charge is 2.33. The van der Waals surface area contributed by atoms with Gasteiger partial charge in [-0.3, -0.25) is 0 Å². The van der Waals surface area contributed by atoms with Gasteiger partial charge in [0.2, 0.25) is 0 Å². The van der Waals surface area contributed by atoms with Crippen LogP contribution in [0.4, 0.5) is 5.82 Å². The van der Waals surface area contributed by atoms with Gasteiger partial charge in [-0.15, -0.1) is 0 Å². The molecule has 1 aromatic heterocycles. The van der Waals surface area contributed by atoms with Crippen LogP contribution < -0.4 is 10.2 Å². The summed E-state index contributed by atoms with van der Waals surface area (Å²) in [4.78, 5) is 12.2. The van der Waals surface area contributed by atoms with E-state index in [4.69, 9.17) is 9.97 Å². The molecule has 2 aliphatic rings.